The summed E-state index contributed by atoms with van der Waals surface area (Å²) in [5, 5.41) is 2.62. The van der Waals surface area contributed by atoms with Crippen LogP contribution in [0.3, 0.4) is 0 Å². The van der Waals surface area contributed by atoms with Gasteiger partial charge in [-0.15, -0.1) is 0 Å². The van der Waals surface area contributed by atoms with Crippen LogP contribution in [-0.4, -0.2) is 9.97 Å². The zero-order valence-electron chi connectivity index (χ0n) is 8.22. The molecule has 0 amide bonds. The minimum Gasteiger partial charge on any atom is -0.335 e. The number of nitrogens with zero attached hydrogens (tertiary/aromatic N) is 2. The van der Waals surface area contributed by atoms with Crippen LogP contribution in [0.25, 0.3) is 0 Å². The molecule has 0 saturated carbocycles. The zero-order valence-corrected chi connectivity index (χ0v) is 9.73. The summed E-state index contributed by atoms with van der Waals surface area (Å²) in [4.78, 5) is 7.04. The smallest absolute Gasteiger partial charge is 0.224 e. The monoisotopic (exact) mass is 275 g/mol. The summed E-state index contributed by atoms with van der Waals surface area (Å²) in [5.41, 5.74) is 0.00571. The Morgan fingerprint density at radius 2 is 1.88 bits per heavy atom. The van der Waals surface area contributed by atoms with E-state index in [0.717, 1.165) is 12.3 Å². The van der Waals surface area contributed by atoms with Gasteiger partial charge in [0.2, 0.25) is 5.28 Å². The van der Waals surface area contributed by atoms with Crippen LogP contribution in [0.15, 0.2) is 24.4 Å². The lowest BCUT2D eigenvalue weighted by molar-refractivity contribution is 0.615. The van der Waals surface area contributed by atoms with Gasteiger partial charge in [0.1, 0.15) is 5.82 Å². The molecular formula is C10H5Cl2F2N3. The maximum Gasteiger partial charge on any atom is 0.224 e. The van der Waals surface area contributed by atoms with Crippen molar-refractivity contribution in [2.75, 3.05) is 5.32 Å². The van der Waals surface area contributed by atoms with Crippen molar-refractivity contribution in [3.05, 3.63) is 46.3 Å². The molecule has 0 aliphatic heterocycles. The van der Waals surface area contributed by atoms with Gasteiger partial charge in [-0.2, -0.15) is 4.98 Å². The molecule has 3 nitrogen and oxygen atoms in total. The van der Waals surface area contributed by atoms with Crippen LogP contribution in [0.2, 0.25) is 10.3 Å². The molecule has 2 rings (SSSR count). The average Bonchev–Trinajstić information content (AvgIpc) is 2.28. The zero-order chi connectivity index (χ0) is 12.4. The number of halogens is 4. The molecule has 88 valence electrons. The Morgan fingerprint density at radius 3 is 2.65 bits per heavy atom. The van der Waals surface area contributed by atoms with Crippen LogP contribution in [0, 0.1) is 11.6 Å². The van der Waals surface area contributed by atoms with Crippen molar-refractivity contribution in [1.82, 2.24) is 9.97 Å². The lowest BCUT2D eigenvalue weighted by Gasteiger charge is -2.07. The number of benzene rings is 1. The first-order valence-electron chi connectivity index (χ1n) is 4.46. The number of nitrogens with one attached hydrogen (secondary N) is 1. The summed E-state index contributed by atoms with van der Waals surface area (Å²) < 4.78 is 26.7. The average molecular weight is 276 g/mol. The summed E-state index contributed by atoms with van der Waals surface area (Å²) in [5.74, 6) is -1.54. The van der Waals surface area contributed by atoms with Crippen LogP contribution < -0.4 is 5.32 Å². The maximum atomic E-state index is 13.4. The molecule has 7 heteroatoms. The molecule has 0 unspecified atom stereocenters. The first kappa shape index (κ1) is 12.0. The highest BCUT2D eigenvalue weighted by Gasteiger charge is 2.09. The Balaban J connectivity index is 2.37. The largest absolute Gasteiger partial charge is 0.335 e. The number of hydrogen-bond acceptors (Lipinski definition) is 3. The van der Waals surface area contributed by atoms with Crippen LogP contribution in [-0.2, 0) is 0 Å². The molecule has 1 aromatic heterocycles. The number of aromatic nitrogens is 2. The van der Waals surface area contributed by atoms with E-state index in [1.54, 1.807) is 0 Å². The SMILES string of the molecule is Fc1ccc(Cl)cc1Nc1nc(Cl)ncc1F. The third-order valence-corrected chi connectivity index (χ3v) is 2.31. The molecule has 1 heterocycles. The Hall–Kier alpha value is -1.46. The van der Waals surface area contributed by atoms with E-state index in [0.29, 0.717) is 5.02 Å². The van der Waals surface area contributed by atoms with Crippen molar-refractivity contribution in [2.45, 2.75) is 0 Å². The molecule has 17 heavy (non-hydrogen) atoms. The molecule has 0 atom stereocenters. The summed E-state index contributed by atoms with van der Waals surface area (Å²) in [6.45, 7) is 0. The summed E-state index contributed by atoms with van der Waals surface area (Å²) in [7, 11) is 0. The van der Waals surface area contributed by atoms with Gasteiger partial charge in [-0.25, -0.2) is 13.8 Å². The fourth-order valence-electron chi connectivity index (χ4n) is 1.15. The van der Waals surface area contributed by atoms with Gasteiger partial charge in [-0.1, -0.05) is 11.6 Å². The van der Waals surface area contributed by atoms with E-state index in [9.17, 15) is 8.78 Å². The second kappa shape index (κ2) is 4.81. The predicted molar refractivity (Wildman–Crippen MR) is 61.7 cm³/mol. The van der Waals surface area contributed by atoms with Gasteiger partial charge in [0.15, 0.2) is 11.6 Å². The molecule has 0 aliphatic rings. The molecule has 1 N–H and O–H groups in total. The van der Waals surface area contributed by atoms with E-state index in [1.807, 2.05) is 0 Å². The third-order valence-electron chi connectivity index (χ3n) is 1.90. The van der Waals surface area contributed by atoms with Gasteiger partial charge in [0.25, 0.3) is 0 Å². The van der Waals surface area contributed by atoms with Crippen molar-refractivity contribution in [1.29, 1.82) is 0 Å². The first-order valence-corrected chi connectivity index (χ1v) is 5.22. The normalized spacial score (nSPS) is 10.4. The topological polar surface area (TPSA) is 37.8 Å². The molecule has 0 saturated heterocycles. The number of anilines is 2. The fraction of sp³-hybridized carbons (Fsp3) is 0. The van der Waals surface area contributed by atoms with E-state index in [4.69, 9.17) is 23.2 Å². The van der Waals surface area contributed by atoms with E-state index >= 15 is 0 Å². The highest BCUT2D eigenvalue weighted by atomic mass is 35.5. The molecule has 0 bridgehead atoms. The van der Waals surface area contributed by atoms with Gasteiger partial charge in [-0.3, -0.25) is 0 Å². The van der Waals surface area contributed by atoms with Gasteiger partial charge >= 0.3 is 0 Å². The fourth-order valence-corrected chi connectivity index (χ4v) is 1.46. The van der Waals surface area contributed by atoms with Crippen molar-refractivity contribution in [2.24, 2.45) is 0 Å². The molecule has 1 aromatic carbocycles. The summed E-state index contributed by atoms with van der Waals surface area (Å²) in [6, 6.07) is 3.85. The molecular weight excluding hydrogens is 271 g/mol. The van der Waals surface area contributed by atoms with E-state index < -0.39 is 11.6 Å². The Labute approximate surface area is 105 Å². The van der Waals surface area contributed by atoms with Crippen molar-refractivity contribution in [3.8, 4) is 0 Å². The first-order chi connectivity index (χ1) is 8.06. The van der Waals surface area contributed by atoms with Crippen LogP contribution in [0.1, 0.15) is 0 Å². The number of rotatable bonds is 2. The second-order valence-corrected chi connectivity index (χ2v) is 3.86. The van der Waals surface area contributed by atoms with Gasteiger partial charge in [0, 0.05) is 5.02 Å². The highest BCUT2D eigenvalue weighted by Crippen LogP contribution is 2.24. The molecule has 0 fully saturated rings. The minimum atomic E-state index is -0.742. The van der Waals surface area contributed by atoms with Crippen LogP contribution >= 0.6 is 23.2 Å². The van der Waals surface area contributed by atoms with Gasteiger partial charge < -0.3 is 5.32 Å². The summed E-state index contributed by atoms with van der Waals surface area (Å²) in [6.07, 6.45) is 0.889. The lowest BCUT2D eigenvalue weighted by Crippen LogP contribution is -2.00. The Bertz CT molecular complexity index is 514. The Morgan fingerprint density at radius 1 is 1.12 bits per heavy atom. The minimum absolute atomic E-state index is 0.00571. The second-order valence-electron chi connectivity index (χ2n) is 3.08. The van der Waals surface area contributed by atoms with E-state index in [2.05, 4.69) is 15.3 Å². The molecule has 2 aromatic rings. The standard InChI is InChI=1S/C10H5Cl2F2N3/c11-5-1-2-6(13)8(3-5)16-9-7(14)4-15-10(12)17-9/h1-4H,(H,15,16,17). The lowest BCUT2D eigenvalue weighted by atomic mass is 10.3. The third kappa shape index (κ3) is 2.81. The van der Waals surface area contributed by atoms with Gasteiger partial charge in [-0.05, 0) is 29.8 Å². The highest BCUT2D eigenvalue weighted by molar-refractivity contribution is 6.30. The van der Waals surface area contributed by atoms with Crippen LogP contribution in [0.4, 0.5) is 20.3 Å². The quantitative estimate of drug-likeness (QED) is 0.847. The molecule has 0 radical (unpaired) electrons. The predicted octanol–water partition coefficient (Wildman–Crippen LogP) is 3.81. The van der Waals surface area contributed by atoms with Gasteiger partial charge in [0.05, 0.1) is 11.9 Å². The maximum absolute atomic E-state index is 13.4. The van der Waals surface area contributed by atoms with Crippen molar-refractivity contribution >= 4 is 34.7 Å². The molecule has 0 aliphatic carbocycles. The van der Waals surface area contributed by atoms with Crippen molar-refractivity contribution in [3.63, 3.8) is 0 Å². The van der Waals surface area contributed by atoms with E-state index in [-0.39, 0.29) is 16.8 Å². The van der Waals surface area contributed by atoms with Crippen LogP contribution in [0.5, 0.6) is 0 Å². The molecule has 0 spiro atoms. The number of hydrogen-bond donors (Lipinski definition) is 1. The summed E-state index contributed by atoms with van der Waals surface area (Å²) >= 11 is 11.2. The van der Waals surface area contributed by atoms with Crippen molar-refractivity contribution < 1.29 is 8.78 Å². The van der Waals surface area contributed by atoms with E-state index in [1.165, 1.54) is 12.1 Å². The Kier molecular flexibility index (Phi) is 3.40.